The SMILES string of the molecule is COc1cc(OCC(=O)O)c(C)cc1SCc1ccc(-c2ccc(C(F)(F)F)cn2)cc1. The van der Waals surface area contributed by atoms with Crippen molar-refractivity contribution in [3.63, 3.8) is 0 Å². The summed E-state index contributed by atoms with van der Waals surface area (Å²) in [5, 5.41) is 8.78. The van der Waals surface area contributed by atoms with Crippen molar-refractivity contribution in [2.24, 2.45) is 0 Å². The van der Waals surface area contributed by atoms with E-state index in [2.05, 4.69) is 4.98 Å². The number of aromatic nitrogens is 1. The first-order chi connectivity index (χ1) is 15.2. The van der Waals surface area contributed by atoms with Gasteiger partial charge in [-0.2, -0.15) is 13.2 Å². The van der Waals surface area contributed by atoms with Crippen LogP contribution >= 0.6 is 11.8 Å². The molecule has 0 bridgehead atoms. The molecule has 0 aliphatic rings. The molecular formula is C23H20F3NO4S. The van der Waals surface area contributed by atoms with Gasteiger partial charge in [-0.1, -0.05) is 24.3 Å². The molecule has 0 radical (unpaired) electrons. The van der Waals surface area contributed by atoms with Crippen LogP contribution in [0.5, 0.6) is 11.5 Å². The Kier molecular flexibility index (Phi) is 7.29. The maximum atomic E-state index is 12.7. The summed E-state index contributed by atoms with van der Waals surface area (Å²) < 4.78 is 48.8. The number of carboxylic acids is 1. The van der Waals surface area contributed by atoms with E-state index in [0.717, 1.165) is 33.8 Å². The molecule has 2 aromatic carbocycles. The molecule has 5 nitrogen and oxygen atoms in total. The summed E-state index contributed by atoms with van der Waals surface area (Å²) in [4.78, 5) is 15.5. The van der Waals surface area contributed by atoms with Crippen molar-refractivity contribution in [3.05, 3.63) is 71.4 Å². The number of ether oxygens (including phenoxy) is 2. The van der Waals surface area contributed by atoms with Crippen molar-refractivity contribution in [3.8, 4) is 22.8 Å². The molecule has 0 spiro atoms. The van der Waals surface area contributed by atoms with E-state index in [-0.39, 0.29) is 0 Å². The topological polar surface area (TPSA) is 68.7 Å². The van der Waals surface area contributed by atoms with Crippen LogP contribution in [0.25, 0.3) is 11.3 Å². The van der Waals surface area contributed by atoms with Gasteiger partial charge >= 0.3 is 12.1 Å². The molecule has 0 amide bonds. The second-order valence-corrected chi connectivity index (χ2v) is 7.88. The number of pyridine rings is 1. The van der Waals surface area contributed by atoms with Crippen molar-refractivity contribution < 1.29 is 32.5 Å². The first kappa shape index (κ1) is 23.5. The van der Waals surface area contributed by atoms with Crippen molar-refractivity contribution in [1.82, 2.24) is 4.98 Å². The number of methoxy groups -OCH3 is 1. The molecule has 1 N–H and O–H groups in total. The smallest absolute Gasteiger partial charge is 0.417 e. The van der Waals surface area contributed by atoms with E-state index < -0.39 is 24.3 Å². The van der Waals surface area contributed by atoms with Gasteiger partial charge < -0.3 is 14.6 Å². The predicted molar refractivity (Wildman–Crippen MR) is 115 cm³/mol. The van der Waals surface area contributed by atoms with Crippen molar-refractivity contribution >= 4 is 17.7 Å². The van der Waals surface area contributed by atoms with E-state index in [1.54, 1.807) is 17.8 Å². The van der Waals surface area contributed by atoms with Gasteiger partial charge in [0.05, 0.1) is 23.3 Å². The molecule has 0 saturated heterocycles. The molecule has 0 saturated carbocycles. The van der Waals surface area contributed by atoms with Gasteiger partial charge in [0.15, 0.2) is 6.61 Å². The Morgan fingerprint density at radius 1 is 1.09 bits per heavy atom. The normalized spacial score (nSPS) is 11.3. The van der Waals surface area contributed by atoms with Crippen LogP contribution in [0.1, 0.15) is 16.7 Å². The lowest BCUT2D eigenvalue weighted by Crippen LogP contribution is -2.10. The molecule has 32 heavy (non-hydrogen) atoms. The fourth-order valence-corrected chi connectivity index (χ4v) is 3.93. The Morgan fingerprint density at radius 2 is 1.81 bits per heavy atom. The highest BCUT2D eigenvalue weighted by atomic mass is 32.2. The summed E-state index contributed by atoms with van der Waals surface area (Å²) in [5.41, 5.74) is 2.21. The molecule has 9 heteroatoms. The molecule has 1 aromatic heterocycles. The summed E-state index contributed by atoms with van der Waals surface area (Å²) in [6.45, 7) is 1.39. The number of aryl methyl sites for hydroxylation is 1. The third-order valence-corrected chi connectivity index (χ3v) is 5.65. The monoisotopic (exact) mass is 463 g/mol. The zero-order valence-corrected chi connectivity index (χ0v) is 18.1. The summed E-state index contributed by atoms with van der Waals surface area (Å²) in [6, 6.07) is 13.3. The zero-order valence-electron chi connectivity index (χ0n) is 17.3. The minimum Gasteiger partial charge on any atom is -0.495 e. The van der Waals surface area contributed by atoms with Gasteiger partial charge in [0.2, 0.25) is 0 Å². The lowest BCUT2D eigenvalue weighted by Gasteiger charge is -2.14. The van der Waals surface area contributed by atoms with E-state index in [9.17, 15) is 18.0 Å². The number of nitrogens with zero attached hydrogens (tertiary/aromatic N) is 1. The fraction of sp³-hybridized carbons (Fsp3) is 0.217. The van der Waals surface area contributed by atoms with Gasteiger partial charge in [-0.25, -0.2) is 4.79 Å². The molecular weight excluding hydrogens is 443 g/mol. The number of carbonyl (C=O) groups is 1. The van der Waals surface area contributed by atoms with Gasteiger partial charge in [0.25, 0.3) is 0 Å². The molecule has 168 valence electrons. The maximum Gasteiger partial charge on any atom is 0.417 e. The molecule has 3 rings (SSSR count). The van der Waals surface area contributed by atoms with Gasteiger partial charge in [-0.05, 0) is 36.2 Å². The minimum absolute atomic E-state index is 0.434. The lowest BCUT2D eigenvalue weighted by molar-refractivity contribution is -0.139. The van der Waals surface area contributed by atoms with E-state index in [4.69, 9.17) is 14.6 Å². The number of aliphatic carboxylic acids is 1. The highest BCUT2D eigenvalue weighted by Gasteiger charge is 2.30. The highest BCUT2D eigenvalue weighted by molar-refractivity contribution is 7.98. The molecule has 3 aromatic rings. The number of carboxylic acid groups (broad SMARTS) is 1. The van der Waals surface area contributed by atoms with Gasteiger partial charge in [-0.15, -0.1) is 11.8 Å². The number of thioether (sulfide) groups is 1. The highest BCUT2D eigenvalue weighted by Crippen LogP contribution is 2.37. The predicted octanol–water partition coefficient (Wildman–Crippen LogP) is 5.84. The first-order valence-corrected chi connectivity index (χ1v) is 10.4. The van der Waals surface area contributed by atoms with Gasteiger partial charge in [0.1, 0.15) is 11.5 Å². The van der Waals surface area contributed by atoms with Crippen molar-refractivity contribution in [2.75, 3.05) is 13.7 Å². The van der Waals surface area contributed by atoms with Gasteiger partial charge in [-0.3, -0.25) is 4.98 Å². The Bertz CT molecular complexity index is 1080. The first-order valence-electron chi connectivity index (χ1n) is 9.46. The molecule has 1 heterocycles. The fourth-order valence-electron chi connectivity index (χ4n) is 2.88. The number of benzene rings is 2. The number of hydrogen-bond donors (Lipinski definition) is 1. The summed E-state index contributed by atoms with van der Waals surface area (Å²) >= 11 is 1.54. The van der Waals surface area contributed by atoms with Crippen LogP contribution in [0, 0.1) is 6.92 Å². The minimum atomic E-state index is -4.41. The molecule has 0 unspecified atom stereocenters. The third-order valence-electron chi connectivity index (χ3n) is 4.55. The Labute approximate surface area is 187 Å². The maximum absolute atomic E-state index is 12.7. The van der Waals surface area contributed by atoms with Crippen LogP contribution in [0.4, 0.5) is 13.2 Å². The van der Waals surface area contributed by atoms with Crippen LogP contribution in [-0.4, -0.2) is 29.8 Å². The number of hydrogen-bond acceptors (Lipinski definition) is 5. The largest absolute Gasteiger partial charge is 0.495 e. The van der Waals surface area contributed by atoms with Crippen LogP contribution in [0.15, 0.2) is 59.6 Å². The van der Waals surface area contributed by atoms with E-state index in [0.29, 0.717) is 22.9 Å². The van der Waals surface area contributed by atoms with E-state index in [1.165, 1.54) is 13.2 Å². The second-order valence-electron chi connectivity index (χ2n) is 6.87. The van der Waals surface area contributed by atoms with Crippen LogP contribution in [-0.2, 0) is 16.7 Å². The molecule has 0 atom stereocenters. The van der Waals surface area contributed by atoms with Crippen LogP contribution in [0.3, 0.4) is 0 Å². The summed E-state index contributed by atoms with van der Waals surface area (Å²) in [5.74, 6) is 0.594. The second kappa shape index (κ2) is 9.95. The average Bonchev–Trinajstić information content (AvgIpc) is 2.76. The Balaban J connectivity index is 1.68. The van der Waals surface area contributed by atoms with Crippen LogP contribution < -0.4 is 9.47 Å². The summed E-state index contributed by atoms with van der Waals surface area (Å²) in [6.07, 6.45) is -3.58. The average molecular weight is 463 g/mol. The van der Waals surface area contributed by atoms with Crippen molar-refractivity contribution in [1.29, 1.82) is 0 Å². The standard InChI is InChI=1S/C23H20F3NO4S/c1-14-9-21(20(30-2)10-19(14)31-12-22(28)29)32-13-15-3-5-16(6-4-15)18-8-7-17(11-27-18)23(24,25)26/h3-11H,12-13H2,1-2H3,(H,28,29). The third kappa shape index (κ3) is 5.94. The van der Waals surface area contributed by atoms with E-state index >= 15 is 0 Å². The molecule has 0 aliphatic carbocycles. The molecule has 0 fully saturated rings. The summed E-state index contributed by atoms with van der Waals surface area (Å²) in [7, 11) is 1.53. The number of halogens is 3. The zero-order chi connectivity index (χ0) is 23.3. The van der Waals surface area contributed by atoms with E-state index in [1.807, 2.05) is 37.3 Å². The van der Waals surface area contributed by atoms with Crippen molar-refractivity contribution in [2.45, 2.75) is 23.7 Å². The Hall–Kier alpha value is -3.20. The lowest BCUT2D eigenvalue weighted by atomic mass is 10.1. The molecule has 0 aliphatic heterocycles. The number of alkyl halides is 3. The van der Waals surface area contributed by atoms with Crippen LogP contribution in [0.2, 0.25) is 0 Å². The Morgan fingerprint density at radius 3 is 2.38 bits per heavy atom. The van der Waals surface area contributed by atoms with Gasteiger partial charge in [0, 0.05) is 23.6 Å². The quantitative estimate of drug-likeness (QED) is 0.423. The number of rotatable bonds is 8.